The second-order valence-electron chi connectivity index (χ2n) is 5.25. The number of aldehydes is 2. The number of H-pyrrole nitrogens is 2. The van der Waals surface area contributed by atoms with Crippen molar-refractivity contribution in [3.8, 4) is 0 Å². The van der Waals surface area contributed by atoms with Crippen LogP contribution in [0.2, 0.25) is 0 Å². The molecule has 0 bridgehead atoms. The zero-order valence-electron chi connectivity index (χ0n) is 14.7. The predicted octanol–water partition coefficient (Wildman–Crippen LogP) is 2.84. The fourth-order valence-electron chi connectivity index (χ4n) is 2.11. The van der Waals surface area contributed by atoms with Crippen molar-refractivity contribution >= 4 is 52.3 Å². The zero-order valence-corrected chi connectivity index (χ0v) is 17.8. The minimum Gasteiger partial charge on any atom is -0.356 e. The monoisotopic (exact) mass is 460 g/mol. The number of aromatic amines is 2. The summed E-state index contributed by atoms with van der Waals surface area (Å²) in [7, 11) is 1.27. The van der Waals surface area contributed by atoms with Gasteiger partial charge in [-0.25, -0.2) is 8.42 Å². The molecular formula is C14H18Cl2N2O7S2. The van der Waals surface area contributed by atoms with Crippen molar-refractivity contribution in [2.24, 2.45) is 0 Å². The van der Waals surface area contributed by atoms with E-state index in [-0.39, 0.29) is 10.6 Å². The van der Waals surface area contributed by atoms with Crippen LogP contribution in [0.1, 0.15) is 43.5 Å². The van der Waals surface area contributed by atoms with Crippen LogP contribution < -0.4 is 0 Å². The van der Waals surface area contributed by atoms with Crippen molar-refractivity contribution in [3.63, 3.8) is 0 Å². The third kappa shape index (κ3) is 9.20. The lowest BCUT2D eigenvalue weighted by molar-refractivity contribution is 0.111. The van der Waals surface area contributed by atoms with E-state index in [4.69, 9.17) is 23.7 Å². The molecule has 2 aromatic heterocycles. The van der Waals surface area contributed by atoms with Crippen molar-refractivity contribution in [3.05, 3.63) is 40.0 Å². The minimum absolute atomic E-state index is 0.00346. The van der Waals surface area contributed by atoms with E-state index in [0.29, 0.717) is 23.2 Å². The summed E-state index contributed by atoms with van der Waals surface area (Å²) >= 11 is 0. The maximum Gasteiger partial charge on any atom is 0.353 e. The highest BCUT2D eigenvalue weighted by Gasteiger charge is 2.21. The standard InChI is InChI=1S/C7H8ClNO3S.C7H9NO.ClHO3S/c1-4-6(3-10)9-5(2)7(4)13(8,11)12;1-5-3-6(2)8-7(5)4-9;1-5(2,3)4/h3,9H,1-2H3;3-4,8H,1-2H3;(H,2,3,4). The van der Waals surface area contributed by atoms with Gasteiger partial charge in [-0.1, -0.05) is 0 Å². The van der Waals surface area contributed by atoms with Crippen molar-refractivity contribution < 1.29 is 31.0 Å². The first-order valence-corrected chi connectivity index (χ1v) is 11.6. The van der Waals surface area contributed by atoms with E-state index >= 15 is 0 Å². The summed E-state index contributed by atoms with van der Waals surface area (Å²) in [5, 5.41) is 0. The van der Waals surface area contributed by atoms with Crippen LogP contribution in [0.5, 0.6) is 0 Å². The first-order valence-electron chi connectivity index (χ1n) is 6.99. The van der Waals surface area contributed by atoms with E-state index < -0.39 is 18.4 Å². The molecule has 0 aromatic carbocycles. The van der Waals surface area contributed by atoms with E-state index in [1.54, 1.807) is 6.92 Å². The molecule has 0 aliphatic carbocycles. The summed E-state index contributed by atoms with van der Waals surface area (Å²) in [5.74, 6) is 0. The highest BCUT2D eigenvalue weighted by atomic mass is 35.7. The zero-order chi connectivity index (χ0) is 21.6. The third-order valence-electron chi connectivity index (χ3n) is 3.08. The highest BCUT2D eigenvalue weighted by Crippen LogP contribution is 2.25. The smallest absolute Gasteiger partial charge is 0.353 e. The van der Waals surface area contributed by atoms with Gasteiger partial charge >= 0.3 is 9.33 Å². The molecule has 0 saturated heterocycles. The number of halogens is 2. The van der Waals surface area contributed by atoms with Gasteiger partial charge in [0.1, 0.15) is 4.90 Å². The quantitative estimate of drug-likeness (QED) is 0.361. The lowest BCUT2D eigenvalue weighted by Crippen LogP contribution is -1.93. The van der Waals surface area contributed by atoms with E-state index in [2.05, 4.69) is 20.7 Å². The number of nitrogens with one attached hydrogen (secondary N) is 2. The van der Waals surface area contributed by atoms with Crippen LogP contribution >= 0.6 is 21.4 Å². The molecule has 0 amide bonds. The molecule has 27 heavy (non-hydrogen) atoms. The van der Waals surface area contributed by atoms with E-state index in [1.807, 2.05) is 19.9 Å². The van der Waals surface area contributed by atoms with E-state index in [9.17, 15) is 18.0 Å². The van der Waals surface area contributed by atoms with Crippen LogP contribution in [0.3, 0.4) is 0 Å². The summed E-state index contributed by atoms with van der Waals surface area (Å²) in [6.07, 6.45) is 1.40. The topological polar surface area (TPSA) is 154 Å². The molecule has 2 heterocycles. The number of rotatable bonds is 3. The third-order valence-corrected chi connectivity index (χ3v) is 4.64. The molecule has 0 aliphatic heterocycles. The molecule has 0 unspecified atom stereocenters. The largest absolute Gasteiger partial charge is 0.356 e. The second-order valence-corrected chi connectivity index (χ2v) is 9.75. The van der Waals surface area contributed by atoms with Crippen molar-refractivity contribution in [2.45, 2.75) is 32.6 Å². The fraction of sp³-hybridized carbons (Fsp3) is 0.286. The molecular weight excluding hydrogens is 443 g/mol. The molecule has 0 radical (unpaired) electrons. The molecule has 2 rings (SSSR count). The van der Waals surface area contributed by atoms with Crippen molar-refractivity contribution in [1.82, 2.24) is 9.97 Å². The molecule has 0 atom stereocenters. The molecule has 13 heteroatoms. The summed E-state index contributed by atoms with van der Waals surface area (Å²) in [6, 6.07) is 1.95. The van der Waals surface area contributed by atoms with Gasteiger partial charge in [-0.2, -0.15) is 8.42 Å². The van der Waals surface area contributed by atoms with Crippen molar-refractivity contribution in [2.75, 3.05) is 0 Å². The SMILES string of the molecule is Cc1[nH]c(C=O)c(C)c1S(=O)(=O)Cl.Cc1cc(C)c(C=O)[nH]1.O=S(=O)(O)Cl. The first kappa shape index (κ1) is 25.3. The highest BCUT2D eigenvalue weighted by molar-refractivity contribution is 8.13. The molecule has 0 saturated carbocycles. The summed E-state index contributed by atoms with van der Waals surface area (Å²) in [4.78, 5) is 26.2. The molecule has 0 fully saturated rings. The maximum absolute atomic E-state index is 11.0. The lowest BCUT2D eigenvalue weighted by Gasteiger charge is -1.94. The Kier molecular flexibility index (Phi) is 9.42. The van der Waals surface area contributed by atoms with Gasteiger partial charge in [-0.05, 0) is 44.9 Å². The Morgan fingerprint density at radius 1 is 0.926 bits per heavy atom. The van der Waals surface area contributed by atoms with Crippen LogP contribution in [0.4, 0.5) is 0 Å². The Morgan fingerprint density at radius 2 is 1.37 bits per heavy atom. The fourth-order valence-corrected chi connectivity index (χ4v) is 3.70. The van der Waals surface area contributed by atoms with Gasteiger partial charge in [-0.3, -0.25) is 14.1 Å². The lowest BCUT2D eigenvalue weighted by atomic mass is 10.3. The van der Waals surface area contributed by atoms with Crippen LogP contribution in [-0.4, -0.2) is 43.9 Å². The van der Waals surface area contributed by atoms with E-state index in [1.165, 1.54) is 6.92 Å². The predicted molar refractivity (Wildman–Crippen MR) is 102 cm³/mol. The summed E-state index contributed by atoms with van der Waals surface area (Å²) in [5.41, 5.74) is 3.73. The Bertz CT molecular complexity index is 1010. The van der Waals surface area contributed by atoms with Crippen molar-refractivity contribution in [1.29, 1.82) is 0 Å². The summed E-state index contributed by atoms with van der Waals surface area (Å²) < 4.78 is 47.2. The number of hydrogen-bond acceptors (Lipinski definition) is 6. The number of carbonyl (C=O) groups is 2. The van der Waals surface area contributed by atoms with Gasteiger partial charge in [0.2, 0.25) is 0 Å². The first-order chi connectivity index (χ1) is 12.1. The molecule has 2 aromatic rings. The maximum atomic E-state index is 11.0. The average molecular weight is 461 g/mol. The molecule has 0 aliphatic rings. The minimum atomic E-state index is -4.19. The molecule has 3 N–H and O–H groups in total. The van der Waals surface area contributed by atoms with Crippen LogP contribution in [0, 0.1) is 27.7 Å². The van der Waals surface area contributed by atoms with Crippen LogP contribution in [0.15, 0.2) is 11.0 Å². The number of hydrogen-bond donors (Lipinski definition) is 3. The number of aromatic nitrogens is 2. The van der Waals surface area contributed by atoms with Gasteiger partial charge in [0.05, 0.1) is 11.4 Å². The second kappa shape index (κ2) is 10.0. The Morgan fingerprint density at radius 3 is 1.56 bits per heavy atom. The van der Waals surface area contributed by atoms with E-state index in [0.717, 1.165) is 17.5 Å². The van der Waals surface area contributed by atoms with Crippen LogP contribution in [0.25, 0.3) is 0 Å². The molecule has 0 spiro atoms. The van der Waals surface area contributed by atoms with Gasteiger partial charge in [-0.15, -0.1) is 0 Å². The number of aryl methyl sites for hydroxylation is 3. The van der Waals surface area contributed by atoms with Gasteiger partial charge < -0.3 is 9.97 Å². The Hall–Kier alpha value is -1.66. The molecule has 152 valence electrons. The van der Waals surface area contributed by atoms with Gasteiger partial charge in [0.25, 0.3) is 9.05 Å². The average Bonchev–Trinajstić information content (AvgIpc) is 2.95. The number of carbonyl (C=O) groups excluding carboxylic acids is 2. The Labute approximate surface area is 165 Å². The summed E-state index contributed by atoms with van der Waals surface area (Å²) in [6.45, 7) is 6.92. The van der Waals surface area contributed by atoms with Gasteiger partial charge in [0, 0.05) is 32.8 Å². The molecule has 9 nitrogen and oxygen atoms in total. The van der Waals surface area contributed by atoms with Gasteiger partial charge in [0.15, 0.2) is 12.6 Å². The Balaban J connectivity index is 0.000000419. The normalized spacial score (nSPS) is 10.9. The van der Waals surface area contributed by atoms with Crippen LogP contribution in [-0.2, 0) is 18.4 Å².